The van der Waals surface area contributed by atoms with Crippen molar-refractivity contribution in [2.75, 3.05) is 0 Å². The summed E-state index contributed by atoms with van der Waals surface area (Å²) in [5, 5.41) is 20.7. The predicted molar refractivity (Wildman–Crippen MR) is 92.4 cm³/mol. The second-order valence-electron chi connectivity index (χ2n) is 8.31. The molecule has 0 aromatic heterocycles. The standard InChI is InChI=1S/C21H28O2/c1-3-4-14-12-19-18-7-5-13-11-15(22)6-8-16(13)17(18)9-10-21(19,2)20(14)23/h3,6,8,11,14,17-20,22-23H,1,4-5,7,9-10,12H2,2H3/t14-,17+,18+,19-,20-,21-/m0/s1. The van der Waals surface area contributed by atoms with Gasteiger partial charge in [-0.15, -0.1) is 6.58 Å². The van der Waals surface area contributed by atoms with E-state index in [0.29, 0.717) is 29.4 Å². The normalized spacial score (nSPS) is 41.7. The van der Waals surface area contributed by atoms with Crippen LogP contribution in [0.4, 0.5) is 0 Å². The average molecular weight is 312 g/mol. The van der Waals surface area contributed by atoms with Crippen LogP contribution < -0.4 is 0 Å². The molecule has 3 aliphatic rings. The summed E-state index contributed by atoms with van der Waals surface area (Å²) in [7, 11) is 0. The molecule has 2 saturated carbocycles. The molecule has 0 bridgehead atoms. The second kappa shape index (κ2) is 5.37. The number of rotatable bonds is 2. The van der Waals surface area contributed by atoms with Crippen LogP contribution in [0.15, 0.2) is 30.9 Å². The number of allylic oxidation sites excluding steroid dienone is 1. The highest BCUT2D eigenvalue weighted by Crippen LogP contribution is 2.62. The number of phenols is 1. The van der Waals surface area contributed by atoms with Crippen LogP contribution in [0.1, 0.15) is 56.1 Å². The monoisotopic (exact) mass is 312 g/mol. The first-order chi connectivity index (χ1) is 11.0. The van der Waals surface area contributed by atoms with Gasteiger partial charge in [-0.25, -0.2) is 0 Å². The third-order valence-corrected chi connectivity index (χ3v) is 7.30. The van der Waals surface area contributed by atoms with E-state index in [4.69, 9.17) is 0 Å². The summed E-state index contributed by atoms with van der Waals surface area (Å²) in [6, 6.07) is 5.96. The molecule has 0 heterocycles. The smallest absolute Gasteiger partial charge is 0.115 e. The fourth-order valence-electron chi connectivity index (χ4n) is 6.16. The molecule has 4 rings (SSSR count). The van der Waals surface area contributed by atoms with Crippen molar-refractivity contribution in [3.63, 3.8) is 0 Å². The first kappa shape index (κ1) is 15.3. The minimum absolute atomic E-state index is 0.0866. The van der Waals surface area contributed by atoms with E-state index in [0.717, 1.165) is 25.7 Å². The van der Waals surface area contributed by atoms with E-state index in [1.54, 1.807) is 0 Å². The summed E-state index contributed by atoms with van der Waals surface area (Å²) in [5.74, 6) is 2.72. The molecule has 0 unspecified atom stereocenters. The Hall–Kier alpha value is -1.28. The quantitative estimate of drug-likeness (QED) is 0.794. The molecule has 0 amide bonds. The fourth-order valence-corrected chi connectivity index (χ4v) is 6.16. The molecular weight excluding hydrogens is 284 g/mol. The number of benzene rings is 1. The van der Waals surface area contributed by atoms with Crippen molar-refractivity contribution >= 4 is 0 Å². The lowest BCUT2D eigenvalue weighted by Gasteiger charge is -2.50. The van der Waals surface area contributed by atoms with Crippen LogP contribution in [0.2, 0.25) is 0 Å². The lowest BCUT2D eigenvalue weighted by Crippen LogP contribution is -2.44. The van der Waals surface area contributed by atoms with Crippen LogP contribution in [0.5, 0.6) is 5.75 Å². The summed E-state index contributed by atoms with van der Waals surface area (Å²) in [6.45, 7) is 6.21. The summed E-state index contributed by atoms with van der Waals surface area (Å²) < 4.78 is 0. The van der Waals surface area contributed by atoms with Crippen LogP contribution in [0.25, 0.3) is 0 Å². The number of aromatic hydroxyl groups is 1. The van der Waals surface area contributed by atoms with E-state index >= 15 is 0 Å². The van der Waals surface area contributed by atoms with Crippen molar-refractivity contribution in [1.29, 1.82) is 0 Å². The molecule has 1 aromatic rings. The van der Waals surface area contributed by atoms with Gasteiger partial charge in [-0.05, 0) is 90.9 Å². The van der Waals surface area contributed by atoms with Crippen molar-refractivity contribution < 1.29 is 10.2 Å². The molecule has 3 aliphatic carbocycles. The Morgan fingerprint density at radius 3 is 2.96 bits per heavy atom. The number of hydrogen-bond acceptors (Lipinski definition) is 2. The molecule has 2 nitrogen and oxygen atoms in total. The highest BCUT2D eigenvalue weighted by molar-refractivity contribution is 5.40. The number of hydrogen-bond donors (Lipinski definition) is 2. The largest absolute Gasteiger partial charge is 0.508 e. The number of aryl methyl sites for hydroxylation is 1. The van der Waals surface area contributed by atoms with Crippen LogP contribution >= 0.6 is 0 Å². The summed E-state index contributed by atoms with van der Waals surface area (Å²) in [6.07, 6.45) is 8.46. The molecule has 2 N–H and O–H groups in total. The van der Waals surface area contributed by atoms with Crippen LogP contribution in [0, 0.1) is 23.2 Å². The van der Waals surface area contributed by atoms with Gasteiger partial charge in [-0.1, -0.05) is 19.1 Å². The maximum atomic E-state index is 10.9. The molecule has 1 aromatic carbocycles. The number of fused-ring (bicyclic) bond motifs is 5. The predicted octanol–water partition coefficient (Wildman–Crippen LogP) is 4.41. The number of aliphatic hydroxyl groups excluding tert-OH is 1. The molecule has 2 heteroatoms. The Morgan fingerprint density at radius 2 is 2.17 bits per heavy atom. The van der Waals surface area contributed by atoms with E-state index < -0.39 is 0 Å². The maximum absolute atomic E-state index is 10.9. The first-order valence-corrected chi connectivity index (χ1v) is 9.15. The first-order valence-electron chi connectivity index (χ1n) is 9.15. The van der Waals surface area contributed by atoms with E-state index in [1.807, 2.05) is 18.2 Å². The molecular formula is C21H28O2. The van der Waals surface area contributed by atoms with Crippen molar-refractivity contribution in [3.8, 4) is 5.75 Å². The van der Waals surface area contributed by atoms with Crippen molar-refractivity contribution in [1.82, 2.24) is 0 Å². The van der Waals surface area contributed by atoms with Crippen molar-refractivity contribution in [2.45, 2.75) is 57.5 Å². The van der Waals surface area contributed by atoms with Gasteiger partial charge in [0.05, 0.1) is 6.10 Å². The van der Waals surface area contributed by atoms with Gasteiger partial charge in [-0.3, -0.25) is 0 Å². The van der Waals surface area contributed by atoms with Gasteiger partial charge < -0.3 is 10.2 Å². The Balaban J connectivity index is 1.67. The minimum Gasteiger partial charge on any atom is -0.508 e. The fraction of sp³-hybridized carbons (Fsp3) is 0.619. The van der Waals surface area contributed by atoms with E-state index in [1.165, 1.54) is 24.0 Å². The zero-order valence-electron chi connectivity index (χ0n) is 14.0. The summed E-state index contributed by atoms with van der Waals surface area (Å²) >= 11 is 0. The third kappa shape index (κ3) is 2.18. The Morgan fingerprint density at radius 1 is 1.35 bits per heavy atom. The van der Waals surface area contributed by atoms with Gasteiger partial charge in [0.15, 0.2) is 0 Å². The lowest BCUT2D eigenvalue weighted by atomic mass is 9.55. The summed E-state index contributed by atoms with van der Waals surface area (Å²) in [4.78, 5) is 0. The van der Waals surface area contributed by atoms with Gasteiger partial charge >= 0.3 is 0 Å². The van der Waals surface area contributed by atoms with Crippen LogP contribution in [0.3, 0.4) is 0 Å². The van der Waals surface area contributed by atoms with E-state index in [-0.39, 0.29) is 11.5 Å². The van der Waals surface area contributed by atoms with Crippen molar-refractivity contribution in [2.24, 2.45) is 23.2 Å². The number of phenolic OH excluding ortho intramolecular Hbond substituents is 1. The van der Waals surface area contributed by atoms with Gasteiger partial charge in [0.25, 0.3) is 0 Å². The molecule has 6 atom stereocenters. The molecule has 2 fully saturated rings. The zero-order chi connectivity index (χ0) is 16.2. The molecule has 124 valence electrons. The Kier molecular flexibility index (Phi) is 3.57. The molecule has 0 saturated heterocycles. The van der Waals surface area contributed by atoms with Crippen LogP contribution in [-0.2, 0) is 6.42 Å². The highest BCUT2D eigenvalue weighted by Gasteiger charge is 2.57. The van der Waals surface area contributed by atoms with Crippen molar-refractivity contribution in [3.05, 3.63) is 42.0 Å². The lowest BCUT2D eigenvalue weighted by molar-refractivity contribution is -0.0323. The highest BCUT2D eigenvalue weighted by atomic mass is 16.3. The Bertz CT molecular complexity index is 622. The van der Waals surface area contributed by atoms with Gasteiger partial charge in [0.1, 0.15) is 5.75 Å². The average Bonchev–Trinajstić information content (AvgIpc) is 2.79. The molecule has 0 spiro atoms. The maximum Gasteiger partial charge on any atom is 0.115 e. The van der Waals surface area contributed by atoms with Gasteiger partial charge in [0.2, 0.25) is 0 Å². The molecule has 23 heavy (non-hydrogen) atoms. The van der Waals surface area contributed by atoms with Crippen LogP contribution in [-0.4, -0.2) is 16.3 Å². The van der Waals surface area contributed by atoms with E-state index in [2.05, 4.69) is 19.6 Å². The van der Waals surface area contributed by atoms with E-state index in [9.17, 15) is 10.2 Å². The molecule has 0 aliphatic heterocycles. The van der Waals surface area contributed by atoms with Gasteiger partial charge in [-0.2, -0.15) is 0 Å². The Labute approximate surface area is 139 Å². The zero-order valence-corrected chi connectivity index (χ0v) is 14.0. The van der Waals surface area contributed by atoms with Gasteiger partial charge in [0, 0.05) is 0 Å². The molecule has 0 radical (unpaired) electrons. The minimum atomic E-state index is -0.173. The summed E-state index contributed by atoms with van der Waals surface area (Å²) in [5.41, 5.74) is 2.89. The second-order valence-corrected chi connectivity index (χ2v) is 8.31. The third-order valence-electron chi connectivity index (χ3n) is 7.30. The number of aliphatic hydroxyl groups is 1. The SMILES string of the molecule is C=CC[C@H]1C[C@H]2[C@@H]3CCc4cc(O)ccc4[C@H]3CC[C@]2(C)[C@H]1O. The topological polar surface area (TPSA) is 40.5 Å².